The number of carboxylic acids is 1. The number of hydrogen-bond acceptors (Lipinski definition) is 3. The van der Waals surface area contributed by atoms with E-state index in [2.05, 4.69) is 0 Å². The van der Waals surface area contributed by atoms with Crippen molar-refractivity contribution in [3.05, 3.63) is 21.9 Å². The van der Waals surface area contributed by atoms with Gasteiger partial charge in [-0.15, -0.1) is 0 Å². The molecule has 1 N–H and O–H groups in total. The van der Waals surface area contributed by atoms with Crippen LogP contribution >= 0.6 is 11.3 Å². The molecule has 5 heteroatoms. The molecule has 4 nitrogen and oxygen atoms in total. The molecule has 1 atom stereocenters. The normalized spacial score (nSPS) is 12.2. The minimum absolute atomic E-state index is 0.247. The fraction of sp³-hybridized carbons (Fsp3) is 0.400. The Morgan fingerprint density at radius 3 is 2.47 bits per heavy atom. The Morgan fingerprint density at radius 2 is 2.07 bits per heavy atom. The van der Waals surface area contributed by atoms with Crippen molar-refractivity contribution < 1.29 is 14.7 Å². The van der Waals surface area contributed by atoms with Gasteiger partial charge < -0.3 is 10.0 Å². The van der Waals surface area contributed by atoms with Gasteiger partial charge in [0, 0.05) is 12.4 Å². The lowest BCUT2D eigenvalue weighted by Gasteiger charge is -2.21. The first-order chi connectivity index (χ1) is 6.95. The fourth-order valence-electron chi connectivity index (χ4n) is 1.11. The Kier molecular flexibility index (Phi) is 3.47. The van der Waals surface area contributed by atoms with Crippen molar-refractivity contribution in [3.63, 3.8) is 0 Å². The van der Waals surface area contributed by atoms with Gasteiger partial charge in [-0.2, -0.15) is 11.3 Å². The van der Waals surface area contributed by atoms with Crippen molar-refractivity contribution >= 4 is 23.2 Å². The molecule has 1 aromatic rings. The van der Waals surface area contributed by atoms with Crippen LogP contribution in [0.4, 0.5) is 0 Å². The summed E-state index contributed by atoms with van der Waals surface area (Å²) >= 11 is 1.44. The summed E-state index contributed by atoms with van der Waals surface area (Å²) in [7, 11) is 1.50. The van der Waals surface area contributed by atoms with Crippen LogP contribution in [0.1, 0.15) is 22.8 Å². The van der Waals surface area contributed by atoms with Crippen molar-refractivity contribution in [3.8, 4) is 0 Å². The van der Waals surface area contributed by atoms with Gasteiger partial charge in [-0.3, -0.25) is 4.79 Å². The van der Waals surface area contributed by atoms with Gasteiger partial charge in [-0.05, 0) is 24.8 Å². The van der Waals surface area contributed by atoms with Gasteiger partial charge >= 0.3 is 5.97 Å². The summed E-state index contributed by atoms with van der Waals surface area (Å²) in [4.78, 5) is 23.8. The molecule has 0 fully saturated rings. The Balaban J connectivity index is 2.86. The Labute approximate surface area is 92.1 Å². The molecule has 1 unspecified atom stereocenters. The maximum Gasteiger partial charge on any atom is 0.326 e. The first-order valence-corrected chi connectivity index (χ1v) is 5.42. The minimum atomic E-state index is -1.00. The van der Waals surface area contributed by atoms with Crippen LogP contribution in [0.3, 0.4) is 0 Å². The molecular formula is C10H13NO3S. The topological polar surface area (TPSA) is 57.6 Å². The number of amides is 1. The summed E-state index contributed by atoms with van der Waals surface area (Å²) in [5.74, 6) is -1.25. The number of carbonyl (C=O) groups is 2. The third-order valence-corrected chi connectivity index (χ3v) is 3.21. The molecule has 0 radical (unpaired) electrons. The number of hydrogen-bond donors (Lipinski definition) is 1. The maximum atomic E-state index is 11.8. The van der Waals surface area contributed by atoms with Crippen LogP contribution in [0.15, 0.2) is 10.8 Å². The number of carbonyl (C=O) groups excluding carboxylic acids is 1. The molecule has 0 aliphatic carbocycles. The van der Waals surface area contributed by atoms with Gasteiger partial charge in [0.05, 0.1) is 5.56 Å². The zero-order valence-electron chi connectivity index (χ0n) is 8.85. The standard InChI is InChI=1S/C10H13NO3S/c1-6-4-15-5-8(6)9(12)11(3)7(2)10(13)14/h4-5,7H,1-3H3,(H,13,14). The van der Waals surface area contributed by atoms with E-state index in [1.165, 1.54) is 30.2 Å². The lowest BCUT2D eigenvalue weighted by molar-refractivity contribution is -0.141. The highest BCUT2D eigenvalue weighted by Gasteiger charge is 2.23. The number of thiophene rings is 1. The average molecular weight is 227 g/mol. The van der Waals surface area contributed by atoms with Gasteiger partial charge in [-0.25, -0.2) is 4.79 Å². The molecule has 0 bridgehead atoms. The van der Waals surface area contributed by atoms with Gasteiger partial charge in [0.2, 0.25) is 0 Å². The summed E-state index contributed by atoms with van der Waals surface area (Å²) in [6, 6.07) is -0.809. The monoisotopic (exact) mass is 227 g/mol. The second-order valence-corrected chi connectivity index (χ2v) is 4.14. The largest absolute Gasteiger partial charge is 0.480 e. The van der Waals surface area contributed by atoms with E-state index in [1.54, 1.807) is 5.38 Å². The SMILES string of the molecule is Cc1cscc1C(=O)N(C)C(C)C(=O)O. The number of aliphatic carboxylic acids is 1. The molecular weight excluding hydrogens is 214 g/mol. The van der Waals surface area contributed by atoms with Crippen molar-refractivity contribution in [2.24, 2.45) is 0 Å². The van der Waals surface area contributed by atoms with Crippen LogP contribution in [0.5, 0.6) is 0 Å². The molecule has 0 saturated heterocycles. The molecule has 1 amide bonds. The molecule has 15 heavy (non-hydrogen) atoms. The maximum absolute atomic E-state index is 11.8. The van der Waals surface area contributed by atoms with E-state index in [-0.39, 0.29) is 5.91 Å². The summed E-state index contributed by atoms with van der Waals surface area (Å²) in [6.45, 7) is 3.32. The lowest BCUT2D eigenvalue weighted by Crippen LogP contribution is -2.40. The quantitative estimate of drug-likeness (QED) is 0.853. The molecule has 1 heterocycles. The number of aryl methyl sites for hydroxylation is 1. The molecule has 0 aromatic carbocycles. The van der Waals surface area contributed by atoms with Gasteiger partial charge in [0.1, 0.15) is 6.04 Å². The van der Waals surface area contributed by atoms with Crippen LogP contribution in [-0.4, -0.2) is 35.0 Å². The second-order valence-electron chi connectivity index (χ2n) is 3.40. The zero-order chi connectivity index (χ0) is 11.6. The van der Waals surface area contributed by atoms with Crippen LogP contribution in [0, 0.1) is 6.92 Å². The van der Waals surface area contributed by atoms with E-state index in [0.717, 1.165) is 5.56 Å². The van der Waals surface area contributed by atoms with E-state index in [4.69, 9.17) is 5.11 Å². The van der Waals surface area contributed by atoms with Crippen molar-refractivity contribution in [1.29, 1.82) is 0 Å². The lowest BCUT2D eigenvalue weighted by atomic mass is 10.2. The van der Waals surface area contributed by atoms with Gasteiger partial charge in [-0.1, -0.05) is 0 Å². The number of carboxylic acid groups (broad SMARTS) is 1. The summed E-state index contributed by atoms with van der Waals surface area (Å²) in [5, 5.41) is 12.4. The highest BCUT2D eigenvalue weighted by molar-refractivity contribution is 7.08. The number of rotatable bonds is 3. The van der Waals surface area contributed by atoms with Gasteiger partial charge in [0.15, 0.2) is 0 Å². The number of likely N-dealkylation sites (N-methyl/N-ethyl adjacent to an activating group) is 1. The second kappa shape index (κ2) is 4.44. The minimum Gasteiger partial charge on any atom is -0.480 e. The third kappa shape index (κ3) is 2.36. The molecule has 0 saturated carbocycles. The van der Waals surface area contributed by atoms with Crippen LogP contribution in [0.2, 0.25) is 0 Å². The highest BCUT2D eigenvalue weighted by atomic mass is 32.1. The third-order valence-electron chi connectivity index (χ3n) is 2.34. The molecule has 0 aliphatic heterocycles. The zero-order valence-corrected chi connectivity index (χ0v) is 9.67. The fourth-order valence-corrected chi connectivity index (χ4v) is 1.93. The molecule has 0 spiro atoms. The molecule has 1 aromatic heterocycles. The van der Waals surface area contributed by atoms with E-state index < -0.39 is 12.0 Å². The van der Waals surface area contributed by atoms with Crippen molar-refractivity contribution in [2.45, 2.75) is 19.9 Å². The van der Waals surface area contributed by atoms with Crippen LogP contribution in [0.25, 0.3) is 0 Å². The highest BCUT2D eigenvalue weighted by Crippen LogP contribution is 2.16. The van der Waals surface area contributed by atoms with Crippen molar-refractivity contribution in [1.82, 2.24) is 4.90 Å². The predicted octanol–water partition coefficient (Wildman–Crippen LogP) is 1.60. The molecule has 0 aliphatic rings. The van der Waals surface area contributed by atoms with Crippen molar-refractivity contribution in [2.75, 3.05) is 7.05 Å². The number of nitrogens with zero attached hydrogens (tertiary/aromatic N) is 1. The summed E-state index contributed by atoms with van der Waals surface area (Å²) in [6.07, 6.45) is 0. The van der Waals surface area contributed by atoms with Crippen LogP contribution < -0.4 is 0 Å². The average Bonchev–Trinajstić information content (AvgIpc) is 2.60. The van der Waals surface area contributed by atoms with E-state index in [9.17, 15) is 9.59 Å². The van der Waals surface area contributed by atoms with E-state index >= 15 is 0 Å². The smallest absolute Gasteiger partial charge is 0.326 e. The van der Waals surface area contributed by atoms with E-state index in [0.29, 0.717) is 5.56 Å². The van der Waals surface area contributed by atoms with Crippen LogP contribution in [-0.2, 0) is 4.79 Å². The Bertz CT molecular complexity index is 386. The summed E-state index contributed by atoms with van der Waals surface area (Å²) < 4.78 is 0. The first-order valence-electron chi connectivity index (χ1n) is 4.48. The Hall–Kier alpha value is -1.36. The van der Waals surface area contributed by atoms with E-state index in [1.807, 2.05) is 12.3 Å². The van der Waals surface area contributed by atoms with Gasteiger partial charge in [0.25, 0.3) is 5.91 Å². The molecule has 1 rings (SSSR count). The summed E-state index contributed by atoms with van der Waals surface area (Å²) in [5.41, 5.74) is 1.46. The molecule has 82 valence electrons. The Morgan fingerprint density at radius 1 is 1.47 bits per heavy atom. The predicted molar refractivity (Wildman–Crippen MR) is 58.2 cm³/mol. The first kappa shape index (κ1) is 11.7.